The van der Waals surface area contributed by atoms with Gasteiger partial charge >= 0.3 is 6.03 Å². The second-order valence-electron chi connectivity index (χ2n) is 8.15. The molecule has 5 heteroatoms. The van der Waals surface area contributed by atoms with Gasteiger partial charge in [-0.25, -0.2) is 9.78 Å². The third-order valence-electron chi connectivity index (χ3n) is 6.02. The highest BCUT2D eigenvalue weighted by molar-refractivity contribution is 5.91. The van der Waals surface area contributed by atoms with Gasteiger partial charge < -0.3 is 14.6 Å². The Kier molecular flexibility index (Phi) is 4.94. The van der Waals surface area contributed by atoms with Crippen LogP contribution in [0.15, 0.2) is 71.1 Å². The van der Waals surface area contributed by atoms with E-state index in [4.69, 9.17) is 9.40 Å². The molecule has 156 valence electrons. The maximum absolute atomic E-state index is 13.1. The highest BCUT2D eigenvalue weighted by Crippen LogP contribution is 2.35. The number of benzene rings is 3. The Morgan fingerprint density at radius 1 is 1.00 bits per heavy atom. The van der Waals surface area contributed by atoms with E-state index in [9.17, 15) is 4.79 Å². The number of aromatic nitrogens is 1. The molecule has 1 aliphatic rings. The molecule has 1 N–H and O–H groups in total. The van der Waals surface area contributed by atoms with Crippen LogP contribution in [0.1, 0.15) is 35.9 Å². The molecular weight excluding hydrogens is 386 g/mol. The van der Waals surface area contributed by atoms with Crippen LogP contribution in [0.25, 0.3) is 22.2 Å². The molecule has 0 bridgehead atoms. The number of nitrogens with zero attached hydrogens (tertiary/aromatic N) is 2. The zero-order valence-electron chi connectivity index (χ0n) is 17.8. The van der Waals surface area contributed by atoms with E-state index in [0.717, 1.165) is 51.9 Å². The molecule has 0 aliphatic carbocycles. The van der Waals surface area contributed by atoms with E-state index in [0.29, 0.717) is 12.4 Å². The second-order valence-corrected chi connectivity index (χ2v) is 8.15. The summed E-state index contributed by atoms with van der Waals surface area (Å²) < 4.78 is 6.09. The minimum atomic E-state index is -0.156. The fourth-order valence-electron chi connectivity index (χ4n) is 4.35. The Hall–Kier alpha value is -3.60. The largest absolute Gasteiger partial charge is 0.438 e. The number of nitrogens with one attached hydrogen (secondary N) is 1. The number of carbonyl (C=O) groups is 1. The van der Waals surface area contributed by atoms with Gasteiger partial charge in [0.25, 0.3) is 0 Å². The minimum Gasteiger partial charge on any atom is -0.438 e. The van der Waals surface area contributed by atoms with Crippen LogP contribution >= 0.6 is 0 Å². The fourth-order valence-corrected chi connectivity index (χ4v) is 4.35. The number of amides is 2. The SMILES string of the molecule is Cc1cccc(C)c1NC(=O)N1CCC[C@H]1c1nc2cc(-c3ccccc3)ccc2o1. The van der Waals surface area contributed by atoms with Crippen molar-refractivity contribution in [3.05, 3.63) is 83.7 Å². The molecule has 1 aromatic heterocycles. The van der Waals surface area contributed by atoms with Crippen LogP contribution in [0.5, 0.6) is 0 Å². The Bertz CT molecular complexity index is 1230. The van der Waals surface area contributed by atoms with Crippen molar-refractivity contribution < 1.29 is 9.21 Å². The van der Waals surface area contributed by atoms with E-state index in [1.54, 1.807) is 0 Å². The number of fused-ring (bicyclic) bond motifs is 1. The zero-order chi connectivity index (χ0) is 21.4. The third kappa shape index (κ3) is 3.67. The third-order valence-corrected chi connectivity index (χ3v) is 6.02. The first-order chi connectivity index (χ1) is 15.1. The first-order valence-corrected chi connectivity index (χ1v) is 10.7. The van der Waals surface area contributed by atoms with Gasteiger partial charge in [-0.05, 0) is 61.1 Å². The van der Waals surface area contributed by atoms with Crippen molar-refractivity contribution >= 4 is 22.8 Å². The molecule has 5 nitrogen and oxygen atoms in total. The van der Waals surface area contributed by atoms with E-state index in [2.05, 4.69) is 17.4 Å². The zero-order valence-corrected chi connectivity index (χ0v) is 17.8. The van der Waals surface area contributed by atoms with Crippen molar-refractivity contribution in [1.29, 1.82) is 0 Å². The predicted molar refractivity (Wildman–Crippen MR) is 123 cm³/mol. The van der Waals surface area contributed by atoms with E-state index in [-0.39, 0.29) is 12.1 Å². The summed E-state index contributed by atoms with van der Waals surface area (Å²) >= 11 is 0. The molecule has 1 atom stereocenters. The van der Waals surface area contributed by atoms with Crippen LogP contribution < -0.4 is 5.32 Å². The Morgan fingerprint density at radius 3 is 2.55 bits per heavy atom. The lowest BCUT2D eigenvalue weighted by Crippen LogP contribution is -2.35. The first-order valence-electron chi connectivity index (χ1n) is 10.7. The van der Waals surface area contributed by atoms with Crippen LogP contribution in [0.2, 0.25) is 0 Å². The normalized spacial score (nSPS) is 16.1. The van der Waals surface area contributed by atoms with Gasteiger partial charge in [0.05, 0.1) is 0 Å². The van der Waals surface area contributed by atoms with Crippen LogP contribution in [-0.4, -0.2) is 22.5 Å². The number of likely N-dealkylation sites (tertiary alicyclic amines) is 1. The average molecular weight is 412 g/mol. The summed E-state index contributed by atoms with van der Waals surface area (Å²) in [7, 11) is 0. The molecule has 5 rings (SSSR count). The van der Waals surface area contributed by atoms with Gasteiger partial charge in [-0.2, -0.15) is 0 Å². The maximum atomic E-state index is 13.1. The van der Waals surface area contributed by atoms with Crippen molar-refractivity contribution in [3.8, 4) is 11.1 Å². The number of carbonyl (C=O) groups excluding carboxylic acids is 1. The number of para-hydroxylation sites is 1. The summed E-state index contributed by atoms with van der Waals surface area (Å²) in [5, 5.41) is 3.10. The summed E-state index contributed by atoms with van der Waals surface area (Å²) in [5.41, 5.74) is 6.80. The second kappa shape index (κ2) is 7.91. The molecule has 4 aromatic rings. The van der Waals surface area contributed by atoms with Crippen LogP contribution in [-0.2, 0) is 0 Å². The number of anilines is 1. The van der Waals surface area contributed by atoms with Gasteiger partial charge in [-0.1, -0.05) is 54.6 Å². The summed E-state index contributed by atoms with van der Waals surface area (Å²) in [6.45, 7) is 4.71. The van der Waals surface area contributed by atoms with E-state index in [1.807, 2.05) is 73.3 Å². The van der Waals surface area contributed by atoms with Crippen molar-refractivity contribution in [2.24, 2.45) is 0 Å². The van der Waals surface area contributed by atoms with Crippen LogP contribution in [0.3, 0.4) is 0 Å². The smallest absolute Gasteiger partial charge is 0.322 e. The summed E-state index contributed by atoms with van der Waals surface area (Å²) in [6.07, 6.45) is 1.78. The van der Waals surface area contributed by atoms with Crippen molar-refractivity contribution in [2.75, 3.05) is 11.9 Å². The number of aryl methyl sites for hydroxylation is 2. The number of urea groups is 1. The molecule has 0 radical (unpaired) electrons. The highest BCUT2D eigenvalue weighted by Gasteiger charge is 2.34. The number of hydrogen-bond acceptors (Lipinski definition) is 3. The first kappa shape index (κ1) is 19.4. The molecule has 0 spiro atoms. The van der Waals surface area contributed by atoms with Crippen LogP contribution in [0.4, 0.5) is 10.5 Å². The molecule has 2 heterocycles. The fraction of sp³-hybridized carbons (Fsp3) is 0.231. The Labute approximate surface area is 181 Å². The lowest BCUT2D eigenvalue weighted by Gasteiger charge is -2.23. The Morgan fingerprint density at radius 2 is 1.77 bits per heavy atom. The summed E-state index contributed by atoms with van der Waals surface area (Å²) in [5.74, 6) is 0.606. The van der Waals surface area contributed by atoms with Gasteiger partial charge in [-0.15, -0.1) is 0 Å². The monoisotopic (exact) mass is 411 g/mol. The lowest BCUT2D eigenvalue weighted by atomic mass is 10.1. The quantitative estimate of drug-likeness (QED) is 0.420. The van der Waals surface area contributed by atoms with Gasteiger partial charge in [0.2, 0.25) is 5.89 Å². The molecule has 0 unspecified atom stereocenters. The molecule has 3 aromatic carbocycles. The molecule has 2 amide bonds. The predicted octanol–water partition coefficient (Wildman–Crippen LogP) is 6.48. The van der Waals surface area contributed by atoms with Crippen molar-refractivity contribution in [1.82, 2.24) is 9.88 Å². The molecule has 1 aliphatic heterocycles. The van der Waals surface area contributed by atoms with Gasteiger partial charge in [-0.3, -0.25) is 0 Å². The maximum Gasteiger partial charge on any atom is 0.322 e. The molecule has 0 saturated carbocycles. The molecular formula is C26H25N3O2. The van der Waals surface area contributed by atoms with Gasteiger partial charge in [0.15, 0.2) is 5.58 Å². The minimum absolute atomic E-state index is 0.105. The van der Waals surface area contributed by atoms with Crippen molar-refractivity contribution in [3.63, 3.8) is 0 Å². The number of hydrogen-bond donors (Lipinski definition) is 1. The average Bonchev–Trinajstić information content (AvgIpc) is 3.43. The number of rotatable bonds is 3. The van der Waals surface area contributed by atoms with Crippen LogP contribution in [0, 0.1) is 13.8 Å². The molecule has 1 fully saturated rings. The standard InChI is InChI=1S/C26H25N3O2/c1-17-8-6-9-18(2)24(17)28-26(30)29-15-7-12-22(29)25-27-21-16-20(13-14-23(21)31-25)19-10-4-3-5-11-19/h3-6,8-11,13-14,16,22H,7,12,15H2,1-2H3,(H,28,30)/t22-/m0/s1. The van der Waals surface area contributed by atoms with Crippen molar-refractivity contribution in [2.45, 2.75) is 32.7 Å². The molecule has 1 saturated heterocycles. The lowest BCUT2D eigenvalue weighted by molar-refractivity contribution is 0.199. The summed E-state index contributed by atoms with van der Waals surface area (Å²) in [6, 6.07) is 22.0. The molecule has 31 heavy (non-hydrogen) atoms. The topological polar surface area (TPSA) is 58.4 Å². The highest BCUT2D eigenvalue weighted by atomic mass is 16.4. The number of oxazole rings is 1. The Balaban J connectivity index is 1.41. The summed E-state index contributed by atoms with van der Waals surface area (Å²) in [4.78, 5) is 19.7. The van der Waals surface area contributed by atoms with E-state index in [1.165, 1.54) is 0 Å². The van der Waals surface area contributed by atoms with Gasteiger partial charge in [0.1, 0.15) is 11.6 Å². The van der Waals surface area contributed by atoms with E-state index < -0.39 is 0 Å². The van der Waals surface area contributed by atoms with E-state index >= 15 is 0 Å². The van der Waals surface area contributed by atoms with Gasteiger partial charge in [0, 0.05) is 12.2 Å².